The number of carbonyl (C=O) groups is 2. The van der Waals surface area contributed by atoms with E-state index in [1.54, 1.807) is 19.1 Å². The number of morpholine rings is 1. The van der Waals surface area contributed by atoms with Gasteiger partial charge in [0.15, 0.2) is 0 Å². The summed E-state index contributed by atoms with van der Waals surface area (Å²) in [6.45, 7) is 4.91. The van der Waals surface area contributed by atoms with Gasteiger partial charge in [0, 0.05) is 25.3 Å². The molecule has 7 nitrogen and oxygen atoms in total. The van der Waals surface area contributed by atoms with Gasteiger partial charge in [-0.1, -0.05) is 12.1 Å². The van der Waals surface area contributed by atoms with Crippen molar-refractivity contribution < 1.29 is 23.5 Å². The summed E-state index contributed by atoms with van der Waals surface area (Å²) >= 11 is 0. The number of ether oxygens (including phenoxy) is 2. The van der Waals surface area contributed by atoms with Gasteiger partial charge in [-0.25, -0.2) is 14.0 Å². The van der Waals surface area contributed by atoms with Crippen LogP contribution < -0.4 is 10.6 Å². The molecule has 2 aliphatic rings. The molecular formula is C18H22FN3O4. The van der Waals surface area contributed by atoms with Crippen LogP contribution in [0.1, 0.15) is 18.5 Å². The third-order valence-corrected chi connectivity index (χ3v) is 4.32. The maximum Gasteiger partial charge on any atom is 0.338 e. The van der Waals surface area contributed by atoms with Gasteiger partial charge < -0.3 is 20.1 Å². The van der Waals surface area contributed by atoms with E-state index in [-0.39, 0.29) is 6.61 Å². The molecule has 1 fully saturated rings. The molecule has 0 bridgehead atoms. The van der Waals surface area contributed by atoms with E-state index in [2.05, 4.69) is 15.5 Å². The predicted molar refractivity (Wildman–Crippen MR) is 91.7 cm³/mol. The van der Waals surface area contributed by atoms with Gasteiger partial charge in [-0.3, -0.25) is 4.90 Å². The zero-order chi connectivity index (χ0) is 18.5. The Hall–Kier alpha value is -2.45. The number of amides is 2. The molecule has 2 heterocycles. The number of carbonyl (C=O) groups excluding carboxylic acids is 2. The van der Waals surface area contributed by atoms with E-state index >= 15 is 0 Å². The lowest BCUT2D eigenvalue weighted by Gasteiger charge is -2.33. The molecule has 2 N–H and O–H groups in total. The molecule has 1 aromatic rings. The summed E-state index contributed by atoms with van der Waals surface area (Å²) in [5.41, 5.74) is 1.26. The zero-order valence-corrected chi connectivity index (χ0v) is 14.6. The molecule has 3 rings (SSSR count). The summed E-state index contributed by atoms with van der Waals surface area (Å²) in [6.07, 6.45) is 0. The summed E-state index contributed by atoms with van der Waals surface area (Å²) in [5, 5.41) is 5.42. The lowest BCUT2D eigenvalue weighted by atomic mass is 9.95. The highest BCUT2D eigenvalue weighted by Gasteiger charge is 2.34. The van der Waals surface area contributed by atoms with Crippen LogP contribution in [0, 0.1) is 5.82 Å². The highest BCUT2D eigenvalue weighted by Crippen LogP contribution is 2.28. The van der Waals surface area contributed by atoms with E-state index in [1.165, 1.54) is 12.1 Å². The fourth-order valence-corrected chi connectivity index (χ4v) is 3.11. The fraction of sp³-hybridized carbons (Fsp3) is 0.444. The van der Waals surface area contributed by atoms with Crippen LogP contribution in [-0.2, 0) is 14.3 Å². The molecule has 2 amide bonds. The normalized spacial score (nSPS) is 21.2. The van der Waals surface area contributed by atoms with E-state index < -0.39 is 23.9 Å². The summed E-state index contributed by atoms with van der Waals surface area (Å²) < 4.78 is 24.2. The van der Waals surface area contributed by atoms with E-state index in [0.717, 1.165) is 0 Å². The molecular weight excluding hydrogens is 341 g/mol. The molecule has 0 aromatic heterocycles. The smallest absolute Gasteiger partial charge is 0.338 e. The number of hydrogen-bond donors (Lipinski definition) is 2. The van der Waals surface area contributed by atoms with Gasteiger partial charge in [0.05, 0.1) is 31.4 Å². The van der Waals surface area contributed by atoms with Crippen molar-refractivity contribution in [2.75, 3.05) is 39.5 Å². The summed E-state index contributed by atoms with van der Waals surface area (Å²) in [7, 11) is 0. The van der Waals surface area contributed by atoms with E-state index in [0.29, 0.717) is 49.7 Å². The van der Waals surface area contributed by atoms with Crippen LogP contribution in [0.2, 0.25) is 0 Å². The first-order chi connectivity index (χ1) is 12.6. The third-order valence-electron chi connectivity index (χ3n) is 4.32. The number of rotatable bonds is 5. The summed E-state index contributed by atoms with van der Waals surface area (Å²) in [5.74, 6) is -0.967. The molecule has 0 aliphatic carbocycles. The molecule has 8 heteroatoms. The molecule has 0 saturated carbocycles. The van der Waals surface area contributed by atoms with Crippen molar-refractivity contribution in [3.05, 3.63) is 46.9 Å². The van der Waals surface area contributed by atoms with Crippen LogP contribution in [0.4, 0.5) is 9.18 Å². The molecule has 1 aromatic carbocycles. The minimum atomic E-state index is -0.769. The topological polar surface area (TPSA) is 79.9 Å². The Bertz CT molecular complexity index is 716. The Morgan fingerprint density at radius 1 is 1.38 bits per heavy atom. The van der Waals surface area contributed by atoms with Crippen LogP contribution >= 0.6 is 0 Å². The van der Waals surface area contributed by atoms with Gasteiger partial charge in [0.2, 0.25) is 0 Å². The first kappa shape index (κ1) is 18.3. The third kappa shape index (κ3) is 4.20. The number of urea groups is 1. The van der Waals surface area contributed by atoms with Crippen LogP contribution in [0.5, 0.6) is 0 Å². The van der Waals surface area contributed by atoms with Crippen LogP contribution in [-0.4, -0.2) is 56.4 Å². The number of hydrogen-bond acceptors (Lipinski definition) is 5. The maximum absolute atomic E-state index is 13.7. The van der Waals surface area contributed by atoms with Gasteiger partial charge >= 0.3 is 12.0 Å². The average molecular weight is 363 g/mol. The number of halogens is 1. The van der Waals surface area contributed by atoms with Crippen molar-refractivity contribution in [2.45, 2.75) is 13.0 Å². The van der Waals surface area contributed by atoms with Crippen molar-refractivity contribution in [3.63, 3.8) is 0 Å². The highest BCUT2D eigenvalue weighted by atomic mass is 19.1. The molecule has 0 radical (unpaired) electrons. The number of benzene rings is 1. The lowest BCUT2D eigenvalue weighted by Crippen LogP contribution is -2.49. The summed E-state index contributed by atoms with van der Waals surface area (Å²) in [4.78, 5) is 26.9. The van der Waals surface area contributed by atoms with Gasteiger partial charge in [-0.2, -0.15) is 0 Å². The quantitative estimate of drug-likeness (QED) is 0.772. The Morgan fingerprint density at radius 2 is 2.15 bits per heavy atom. The largest absolute Gasteiger partial charge is 0.463 e. The summed E-state index contributed by atoms with van der Waals surface area (Å²) in [6, 6.07) is 4.63. The molecule has 26 heavy (non-hydrogen) atoms. The SMILES string of the molecule is CCOC(=O)C1=C(CN2CCOCC2)NC(=O)N[C@@H]1c1cccc(F)c1. The van der Waals surface area contributed by atoms with Crippen molar-refractivity contribution in [3.8, 4) is 0 Å². The van der Waals surface area contributed by atoms with E-state index in [1.807, 2.05) is 0 Å². The van der Waals surface area contributed by atoms with Crippen LogP contribution in [0.25, 0.3) is 0 Å². The van der Waals surface area contributed by atoms with Crippen LogP contribution in [0.3, 0.4) is 0 Å². The number of nitrogens with one attached hydrogen (secondary N) is 2. The van der Waals surface area contributed by atoms with Crippen LogP contribution in [0.15, 0.2) is 35.5 Å². The zero-order valence-electron chi connectivity index (χ0n) is 14.6. The maximum atomic E-state index is 13.7. The molecule has 0 spiro atoms. The van der Waals surface area contributed by atoms with Gasteiger partial charge in [-0.05, 0) is 24.6 Å². The predicted octanol–water partition coefficient (Wildman–Crippen LogP) is 1.33. The second kappa shape index (κ2) is 8.29. The Labute approximate surface area is 151 Å². The second-order valence-electron chi connectivity index (χ2n) is 6.09. The van der Waals surface area contributed by atoms with Crippen molar-refractivity contribution in [1.82, 2.24) is 15.5 Å². The van der Waals surface area contributed by atoms with Gasteiger partial charge in [0.25, 0.3) is 0 Å². The molecule has 140 valence electrons. The highest BCUT2D eigenvalue weighted by molar-refractivity contribution is 5.95. The van der Waals surface area contributed by atoms with Gasteiger partial charge in [0.1, 0.15) is 5.82 Å². The number of nitrogens with zero attached hydrogens (tertiary/aromatic N) is 1. The Balaban J connectivity index is 1.98. The average Bonchev–Trinajstić information content (AvgIpc) is 2.62. The second-order valence-corrected chi connectivity index (χ2v) is 6.09. The minimum Gasteiger partial charge on any atom is -0.463 e. The standard InChI is InChI=1S/C18H22FN3O4/c1-2-26-17(23)15-14(11-22-6-8-25-9-7-22)20-18(24)21-16(15)12-4-3-5-13(19)10-12/h3-5,10,16H,2,6-9,11H2,1H3,(H2,20,21,24)/t16-/m1/s1. The van der Waals surface area contributed by atoms with Gasteiger partial charge in [-0.15, -0.1) is 0 Å². The first-order valence-electron chi connectivity index (χ1n) is 8.61. The van der Waals surface area contributed by atoms with E-state index in [4.69, 9.17) is 9.47 Å². The monoisotopic (exact) mass is 363 g/mol. The number of esters is 1. The van der Waals surface area contributed by atoms with E-state index in [9.17, 15) is 14.0 Å². The van der Waals surface area contributed by atoms with Crippen molar-refractivity contribution in [2.24, 2.45) is 0 Å². The fourth-order valence-electron chi connectivity index (χ4n) is 3.11. The van der Waals surface area contributed by atoms with Crippen molar-refractivity contribution in [1.29, 1.82) is 0 Å². The molecule has 1 saturated heterocycles. The first-order valence-corrected chi connectivity index (χ1v) is 8.61. The molecule has 1 atom stereocenters. The Morgan fingerprint density at radius 3 is 2.85 bits per heavy atom. The minimum absolute atomic E-state index is 0.205. The van der Waals surface area contributed by atoms with Crippen molar-refractivity contribution >= 4 is 12.0 Å². The molecule has 2 aliphatic heterocycles. The molecule has 0 unspecified atom stereocenters. The lowest BCUT2D eigenvalue weighted by molar-refractivity contribution is -0.139. The Kier molecular flexibility index (Phi) is 5.85.